The molecule has 0 radical (unpaired) electrons. The maximum atomic E-state index is 12.3. The molecular formula is C16H17N3O6S. The zero-order chi connectivity index (χ0) is 19.5. The zero-order valence-corrected chi connectivity index (χ0v) is 15.1. The molecule has 2 N–H and O–H groups in total. The standard InChI is InChI=1S/C16H17N3O6S/c1-10-4-6-13(11(2)8-10)16(20)17-18-26(23,24)12-5-7-15(25-3)14(9-12)19(21)22/h4-9,18H,1-3H3,(H,17,20). The maximum absolute atomic E-state index is 12.3. The lowest BCUT2D eigenvalue weighted by Crippen LogP contribution is -2.41. The minimum atomic E-state index is -4.21. The Kier molecular flexibility index (Phi) is 5.58. The van der Waals surface area contributed by atoms with Crippen LogP contribution in [0.5, 0.6) is 5.75 Å². The highest BCUT2D eigenvalue weighted by molar-refractivity contribution is 7.89. The van der Waals surface area contributed by atoms with E-state index in [1.807, 2.05) is 11.8 Å². The van der Waals surface area contributed by atoms with Gasteiger partial charge in [0.15, 0.2) is 5.75 Å². The highest BCUT2D eigenvalue weighted by Crippen LogP contribution is 2.29. The third-order valence-electron chi connectivity index (χ3n) is 3.58. The molecule has 0 saturated heterocycles. The lowest BCUT2D eigenvalue weighted by Gasteiger charge is -2.11. The van der Waals surface area contributed by atoms with Gasteiger partial charge in [0.1, 0.15) is 0 Å². The molecule has 0 fully saturated rings. The van der Waals surface area contributed by atoms with Gasteiger partial charge in [0.05, 0.1) is 16.9 Å². The van der Waals surface area contributed by atoms with Gasteiger partial charge in [-0.1, -0.05) is 17.7 Å². The molecule has 0 unspecified atom stereocenters. The zero-order valence-electron chi connectivity index (χ0n) is 14.3. The third-order valence-corrected chi connectivity index (χ3v) is 4.83. The number of aryl methyl sites for hydroxylation is 2. The van der Waals surface area contributed by atoms with E-state index < -0.39 is 26.5 Å². The third kappa shape index (κ3) is 4.16. The van der Waals surface area contributed by atoms with Gasteiger partial charge in [-0.05, 0) is 37.6 Å². The second-order valence-corrected chi connectivity index (χ2v) is 7.15. The lowest BCUT2D eigenvalue weighted by molar-refractivity contribution is -0.386. The highest BCUT2D eigenvalue weighted by Gasteiger charge is 2.22. The minimum absolute atomic E-state index is 0.0757. The van der Waals surface area contributed by atoms with Crippen LogP contribution in [0.4, 0.5) is 5.69 Å². The summed E-state index contributed by atoms with van der Waals surface area (Å²) in [4.78, 5) is 24.0. The number of rotatable bonds is 6. The Morgan fingerprint density at radius 3 is 2.42 bits per heavy atom. The normalized spacial score (nSPS) is 11.0. The molecule has 138 valence electrons. The van der Waals surface area contributed by atoms with E-state index in [1.54, 1.807) is 25.1 Å². The number of hydrogen-bond donors (Lipinski definition) is 2. The van der Waals surface area contributed by atoms with Crippen molar-refractivity contribution in [3.63, 3.8) is 0 Å². The van der Waals surface area contributed by atoms with Crippen LogP contribution >= 0.6 is 0 Å². The number of carbonyl (C=O) groups excluding carboxylic acids is 1. The number of nitro benzene ring substituents is 1. The predicted octanol–water partition coefficient (Wildman–Crippen LogP) is 1.84. The second-order valence-electron chi connectivity index (χ2n) is 5.47. The molecule has 0 atom stereocenters. The van der Waals surface area contributed by atoms with E-state index in [9.17, 15) is 23.3 Å². The Bertz CT molecular complexity index is 972. The first-order valence-electron chi connectivity index (χ1n) is 7.37. The van der Waals surface area contributed by atoms with Gasteiger partial charge in [0, 0.05) is 11.6 Å². The summed E-state index contributed by atoms with van der Waals surface area (Å²) in [5.41, 5.74) is 3.54. The van der Waals surface area contributed by atoms with Crippen molar-refractivity contribution in [3.05, 3.63) is 63.2 Å². The minimum Gasteiger partial charge on any atom is -0.490 e. The molecule has 0 aliphatic carbocycles. The maximum Gasteiger partial charge on any atom is 0.312 e. The van der Waals surface area contributed by atoms with Gasteiger partial charge in [-0.2, -0.15) is 0 Å². The van der Waals surface area contributed by atoms with Gasteiger partial charge in [-0.15, -0.1) is 4.83 Å². The molecule has 2 aromatic carbocycles. The number of ether oxygens (including phenoxy) is 1. The summed E-state index contributed by atoms with van der Waals surface area (Å²) < 4.78 is 29.4. The number of benzene rings is 2. The van der Waals surface area contributed by atoms with Crippen LogP contribution in [-0.4, -0.2) is 26.4 Å². The average molecular weight is 379 g/mol. The van der Waals surface area contributed by atoms with E-state index in [1.165, 1.54) is 13.2 Å². The summed E-state index contributed by atoms with van der Waals surface area (Å²) in [7, 11) is -2.97. The van der Waals surface area contributed by atoms with Crippen LogP contribution < -0.4 is 15.0 Å². The number of amides is 1. The van der Waals surface area contributed by atoms with Crippen molar-refractivity contribution in [2.45, 2.75) is 18.7 Å². The van der Waals surface area contributed by atoms with E-state index in [4.69, 9.17) is 4.74 Å². The van der Waals surface area contributed by atoms with Crippen LogP contribution in [0.3, 0.4) is 0 Å². The molecule has 0 heterocycles. The molecule has 0 aliphatic heterocycles. The second kappa shape index (κ2) is 7.50. The molecule has 0 spiro atoms. The van der Waals surface area contributed by atoms with Gasteiger partial charge >= 0.3 is 5.69 Å². The van der Waals surface area contributed by atoms with Crippen molar-refractivity contribution in [1.29, 1.82) is 0 Å². The number of hydrazine groups is 1. The van der Waals surface area contributed by atoms with Crippen molar-refractivity contribution >= 4 is 21.6 Å². The van der Waals surface area contributed by atoms with E-state index in [2.05, 4.69) is 5.43 Å². The van der Waals surface area contributed by atoms with E-state index in [-0.39, 0.29) is 10.6 Å². The van der Waals surface area contributed by atoms with Crippen molar-refractivity contribution in [2.24, 2.45) is 0 Å². The molecule has 0 bridgehead atoms. The Morgan fingerprint density at radius 2 is 1.85 bits per heavy atom. The fourth-order valence-electron chi connectivity index (χ4n) is 2.29. The van der Waals surface area contributed by atoms with Gasteiger partial charge in [-0.3, -0.25) is 20.3 Å². The Morgan fingerprint density at radius 1 is 1.15 bits per heavy atom. The summed E-state index contributed by atoms with van der Waals surface area (Å²) in [5, 5.41) is 11.0. The molecule has 26 heavy (non-hydrogen) atoms. The van der Waals surface area contributed by atoms with Crippen LogP contribution in [0, 0.1) is 24.0 Å². The van der Waals surface area contributed by atoms with E-state index >= 15 is 0 Å². The Labute approximate surface area is 150 Å². The molecule has 2 aromatic rings. The van der Waals surface area contributed by atoms with Gasteiger partial charge in [0.25, 0.3) is 15.9 Å². The van der Waals surface area contributed by atoms with Crippen molar-refractivity contribution in [2.75, 3.05) is 7.11 Å². The Balaban J connectivity index is 2.22. The summed E-state index contributed by atoms with van der Waals surface area (Å²) in [5.74, 6) is -0.720. The quantitative estimate of drug-likeness (QED) is 0.582. The summed E-state index contributed by atoms with van der Waals surface area (Å²) >= 11 is 0. The largest absolute Gasteiger partial charge is 0.490 e. The molecule has 0 aliphatic rings. The van der Waals surface area contributed by atoms with Crippen molar-refractivity contribution in [1.82, 2.24) is 10.3 Å². The smallest absolute Gasteiger partial charge is 0.312 e. The molecule has 9 nitrogen and oxygen atoms in total. The van der Waals surface area contributed by atoms with Crippen LogP contribution in [0.1, 0.15) is 21.5 Å². The first-order valence-corrected chi connectivity index (χ1v) is 8.86. The number of carbonyl (C=O) groups is 1. The molecule has 1 amide bonds. The van der Waals surface area contributed by atoms with Crippen LogP contribution in [0.15, 0.2) is 41.3 Å². The average Bonchev–Trinajstić information content (AvgIpc) is 2.59. The fraction of sp³-hybridized carbons (Fsp3) is 0.188. The summed E-state index contributed by atoms with van der Waals surface area (Å²) in [6.45, 7) is 3.59. The molecule has 0 saturated carbocycles. The molecule has 10 heteroatoms. The monoisotopic (exact) mass is 379 g/mol. The van der Waals surface area contributed by atoms with Gasteiger partial charge in [-0.25, -0.2) is 8.42 Å². The number of sulfonamides is 1. The predicted molar refractivity (Wildman–Crippen MR) is 93.4 cm³/mol. The van der Waals surface area contributed by atoms with E-state index in [0.29, 0.717) is 11.1 Å². The number of hydrogen-bond acceptors (Lipinski definition) is 6. The van der Waals surface area contributed by atoms with Gasteiger partial charge in [0.2, 0.25) is 0 Å². The summed E-state index contributed by atoms with van der Waals surface area (Å²) in [6.07, 6.45) is 0. The molecular weight excluding hydrogens is 362 g/mol. The van der Waals surface area contributed by atoms with Crippen LogP contribution in [0.25, 0.3) is 0 Å². The fourth-order valence-corrected chi connectivity index (χ4v) is 3.15. The first kappa shape index (κ1) is 19.3. The van der Waals surface area contributed by atoms with E-state index in [0.717, 1.165) is 17.7 Å². The van der Waals surface area contributed by atoms with Crippen LogP contribution in [0.2, 0.25) is 0 Å². The topological polar surface area (TPSA) is 128 Å². The van der Waals surface area contributed by atoms with Crippen molar-refractivity contribution in [3.8, 4) is 5.75 Å². The molecule has 2 rings (SSSR count). The first-order chi connectivity index (χ1) is 12.2. The molecule has 0 aromatic heterocycles. The number of nitrogens with one attached hydrogen (secondary N) is 2. The number of nitrogens with zero attached hydrogens (tertiary/aromatic N) is 1. The highest BCUT2D eigenvalue weighted by atomic mass is 32.2. The van der Waals surface area contributed by atoms with Crippen LogP contribution in [-0.2, 0) is 10.0 Å². The summed E-state index contributed by atoms with van der Waals surface area (Å²) in [6, 6.07) is 8.24. The number of methoxy groups -OCH3 is 1. The Hall–Kier alpha value is -2.98. The lowest BCUT2D eigenvalue weighted by atomic mass is 10.1. The SMILES string of the molecule is COc1ccc(S(=O)(=O)NNC(=O)c2ccc(C)cc2C)cc1[N+](=O)[O-]. The van der Waals surface area contributed by atoms with Crippen molar-refractivity contribution < 1.29 is 22.9 Å². The van der Waals surface area contributed by atoms with Gasteiger partial charge < -0.3 is 4.74 Å². The number of nitro groups is 1.